The van der Waals surface area contributed by atoms with E-state index in [4.69, 9.17) is 0 Å². The lowest BCUT2D eigenvalue weighted by Crippen LogP contribution is -2.39. The third kappa shape index (κ3) is 2.86. The number of nitrogens with one attached hydrogen (secondary N) is 1. The van der Waals surface area contributed by atoms with Crippen LogP contribution in [-0.4, -0.2) is 26.2 Å². The van der Waals surface area contributed by atoms with Crippen LogP contribution in [0.4, 0.5) is 5.69 Å². The van der Waals surface area contributed by atoms with Crippen molar-refractivity contribution in [2.45, 2.75) is 51.6 Å². The Bertz CT molecular complexity index is 392. The van der Waals surface area contributed by atoms with Crippen LogP contribution in [0.1, 0.15) is 36.8 Å². The van der Waals surface area contributed by atoms with E-state index >= 15 is 0 Å². The zero-order chi connectivity index (χ0) is 13.1. The first-order chi connectivity index (χ1) is 8.61. The van der Waals surface area contributed by atoms with E-state index in [9.17, 15) is 0 Å². The molecular formula is C16H26N2. The number of hydrogen-bond acceptors (Lipinski definition) is 2. The highest BCUT2D eigenvalue weighted by molar-refractivity contribution is 5.50. The fourth-order valence-electron chi connectivity index (χ4n) is 2.91. The highest BCUT2D eigenvalue weighted by Crippen LogP contribution is 2.27. The summed E-state index contributed by atoms with van der Waals surface area (Å²) in [6, 6.07) is 8.25. The van der Waals surface area contributed by atoms with E-state index in [0.29, 0.717) is 6.04 Å². The minimum atomic E-state index is 0.705. The largest absolute Gasteiger partial charge is 0.372 e. The molecule has 0 saturated heterocycles. The van der Waals surface area contributed by atoms with Gasteiger partial charge in [-0.3, -0.25) is 0 Å². The molecule has 2 nitrogen and oxygen atoms in total. The number of anilines is 1. The molecule has 0 amide bonds. The van der Waals surface area contributed by atoms with Crippen molar-refractivity contribution in [3.63, 3.8) is 0 Å². The van der Waals surface area contributed by atoms with Crippen LogP contribution in [0.2, 0.25) is 0 Å². The van der Waals surface area contributed by atoms with Gasteiger partial charge in [-0.25, -0.2) is 0 Å². The van der Waals surface area contributed by atoms with Crippen molar-refractivity contribution in [3.8, 4) is 0 Å². The molecule has 0 aliphatic heterocycles. The van der Waals surface area contributed by atoms with Crippen LogP contribution in [0.25, 0.3) is 0 Å². The minimum absolute atomic E-state index is 0.705. The molecule has 0 aromatic heterocycles. The van der Waals surface area contributed by atoms with Crippen LogP contribution in [0, 0.1) is 13.8 Å². The van der Waals surface area contributed by atoms with E-state index in [0.717, 1.165) is 6.04 Å². The molecular weight excluding hydrogens is 220 g/mol. The maximum atomic E-state index is 3.40. The maximum Gasteiger partial charge on any atom is 0.0368 e. The predicted molar refractivity (Wildman–Crippen MR) is 79.4 cm³/mol. The molecule has 0 heterocycles. The number of benzene rings is 1. The Hall–Kier alpha value is -1.02. The molecule has 1 aromatic rings. The van der Waals surface area contributed by atoms with Crippen molar-refractivity contribution >= 4 is 5.69 Å². The molecule has 0 bridgehead atoms. The van der Waals surface area contributed by atoms with Gasteiger partial charge in [-0.15, -0.1) is 0 Å². The molecule has 0 unspecified atom stereocenters. The molecule has 0 atom stereocenters. The van der Waals surface area contributed by atoms with Gasteiger partial charge in [-0.2, -0.15) is 0 Å². The van der Waals surface area contributed by atoms with Crippen molar-refractivity contribution in [1.29, 1.82) is 0 Å². The molecule has 1 aliphatic rings. The lowest BCUT2D eigenvalue weighted by molar-refractivity contribution is 0.351. The Labute approximate surface area is 111 Å². The quantitative estimate of drug-likeness (QED) is 0.880. The van der Waals surface area contributed by atoms with Crippen LogP contribution in [0.15, 0.2) is 18.2 Å². The van der Waals surface area contributed by atoms with Gasteiger partial charge in [0, 0.05) is 24.8 Å². The molecule has 100 valence electrons. The summed E-state index contributed by atoms with van der Waals surface area (Å²) in [5.74, 6) is 0. The van der Waals surface area contributed by atoms with Gasteiger partial charge in [0.05, 0.1) is 0 Å². The van der Waals surface area contributed by atoms with Crippen LogP contribution in [0.3, 0.4) is 0 Å². The van der Waals surface area contributed by atoms with E-state index in [1.165, 1.54) is 42.5 Å². The number of hydrogen-bond donors (Lipinski definition) is 1. The Morgan fingerprint density at radius 2 is 1.72 bits per heavy atom. The Morgan fingerprint density at radius 3 is 2.28 bits per heavy atom. The number of rotatable bonds is 3. The van der Waals surface area contributed by atoms with Crippen molar-refractivity contribution in [1.82, 2.24) is 5.32 Å². The van der Waals surface area contributed by atoms with Crippen molar-refractivity contribution in [2.24, 2.45) is 0 Å². The van der Waals surface area contributed by atoms with Crippen LogP contribution in [0.5, 0.6) is 0 Å². The van der Waals surface area contributed by atoms with Gasteiger partial charge in [0.25, 0.3) is 0 Å². The summed E-state index contributed by atoms with van der Waals surface area (Å²) in [6.07, 6.45) is 5.20. The average Bonchev–Trinajstić information content (AvgIpc) is 2.41. The number of nitrogens with zero attached hydrogens (tertiary/aromatic N) is 1. The second-order valence-electron chi connectivity index (χ2n) is 5.67. The van der Waals surface area contributed by atoms with Crippen molar-refractivity contribution < 1.29 is 0 Å². The summed E-state index contributed by atoms with van der Waals surface area (Å²) in [6.45, 7) is 4.38. The van der Waals surface area contributed by atoms with Gasteiger partial charge in [0.2, 0.25) is 0 Å². The Balaban J connectivity index is 2.03. The van der Waals surface area contributed by atoms with Gasteiger partial charge in [-0.1, -0.05) is 6.07 Å². The van der Waals surface area contributed by atoms with E-state index in [2.05, 4.69) is 56.4 Å². The third-order valence-electron chi connectivity index (χ3n) is 4.55. The standard InChI is InChI=1S/C16H26N2/c1-12-5-8-16(11-13(12)2)18(4)15-9-6-14(17-3)7-10-15/h5,8,11,14-15,17H,6-7,9-10H2,1-4H3. The molecule has 2 heteroatoms. The second kappa shape index (κ2) is 5.75. The third-order valence-corrected chi connectivity index (χ3v) is 4.55. The lowest BCUT2D eigenvalue weighted by Gasteiger charge is -2.36. The van der Waals surface area contributed by atoms with Gasteiger partial charge >= 0.3 is 0 Å². The smallest absolute Gasteiger partial charge is 0.0368 e. The van der Waals surface area contributed by atoms with Crippen LogP contribution < -0.4 is 10.2 Å². The van der Waals surface area contributed by atoms with Crippen molar-refractivity contribution in [3.05, 3.63) is 29.3 Å². The van der Waals surface area contributed by atoms with E-state index in [1.807, 2.05) is 0 Å². The van der Waals surface area contributed by atoms with E-state index in [-0.39, 0.29) is 0 Å². The summed E-state index contributed by atoms with van der Waals surface area (Å²) >= 11 is 0. The minimum Gasteiger partial charge on any atom is -0.372 e. The summed E-state index contributed by atoms with van der Waals surface area (Å²) in [4.78, 5) is 2.47. The summed E-state index contributed by atoms with van der Waals surface area (Å²) < 4.78 is 0. The fraction of sp³-hybridized carbons (Fsp3) is 0.625. The summed E-state index contributed by atoms with van der Waals surface area (Å²) in [7, 11) is 4.33. The molecule has 1 saturated carbocycles. The first-order valence-electron chi connectivity index (χ1n) is 7.09. The normalized spacial score (nSPS) is 24.0. The molecule has 1 fully saturated rings. The Morgan fingerprint density at radius 1 is 1.06 bits per heavy atom. The van der Waals surface area contributed by atoms with E-state index < -0.39 is 0 Å². The zero-order valence-corrected chi connectivity index (χ0v) is 12.2. The second-order valence-corrected chi connectivity index (χ2v) is 5.67. The molecule has 0 radical (unpaired) electrons. The fourth-order valence-corrected chi connectivity index (χ4v) is 2.91. The molecule has 0 spiro atoms. The first-order valence-corrected chi connectivity index (χ1v) is 7.09. The molecule has 1 aromatic carbocycles. The van der Waals surface area contributed by atoms with Gasteiger partial charge in [0.1, 0.15) is 0 Å². The zero-order valence-electron chi connectivity index (χ0n) is 12.2. The summed E-state index contributed by atoms with van der Waals surface area (Å²) in [5, 5.41) is 3.40. The lowest BCUT2D eigenvalue weighted by atomic mass is 9.90. The predicted octanol–water partition coefficient (Wildman–Crippen LogP) is 3.27. The number of aryl methyl sites for hydroxylation is 2. The van der Waals surface area contributed by atoms with Gasteiger partial charge in [-0.05, 0) is 69.8 Å². The summed E-state index contributed by atoms with van der Waals surface area (Å²) in [5.41, 5.74) is 4.14. The SMILES string of the molecule is CNC1CCC(N(C)c2ccc(C)c(C)c2)CC1. The van der Waals surface area contributed by atoms with E-state index in [1.54, 1.807) is 0 Å². The van der Waals surface area contributed by atoms with Gasteiger partial charge < -0.3 is 10.2 Å². The Kier molecular flexibility index (Phi) is 4.28. The molecule has 2 rings (SSSR count). The highest BCUT2D eigenvalue weighted by atomic mass is 15.1. The average molecular weight is 246 g/mol. The monoisotopic (exact) mass is 246 g/mol. The van der Waals surface area contributed by atoms with Crippen LogP contribution >= 0.6 is 0 Å². The van der Waals surface area contributed by atoms with Crippen LogP contribution in [-0.2, 0) is 0 Å². The molecule has 1 N–H and O–H groups in total. The first kappa shape index (κ1) is 13.4. The molecule has 18 heavy (non-hydrogen) atoms. The topological polar surface area (TPSA) is 15.3 Å². The van der Waals surface area contributed by atoms with Crippen molar-refractivity contribution in [2.75, 3.05) is 19.0 Å². The maximum absolute atomic E-state index is 3.40. The highest BCUT2D eigenvalue weighted by Gasteiger charge is 2.23. The van der Waals surface area contributed by atoms with Gasteiger partial charge in [0.15, 0.2) is 0 Å². The molecule has 1 aliphatic carbocycles.